The second-order valence-electron chi connectivity index (χ2n) is 4.37. The first-order chi connectivity index (χ1) is 10.7. The Hall–Kier alpha value is -3.08. The van der Waals surface area contributed by atoms with E-state index in [0.717, 1.165) is 5.56 Å². The van der Waals surface area contributed by atoms with Gasteiger partial charge in [0.15, 0.2) is 0 Å². The Morgan fingerprint density at radius 3 is 2.68 bits per heavy atom. The third-order valence-corrected chi connectivity index (χ3v) is 2.86. The molecule has 1 amide bonds. The average Bonchev–Trinajstić information content (AvgIpc) is 2.55. The Morgan fingerprint density at radius 1 is 1.23 bits per heavy atom. The maximum atomic E-state index is 11.8. The third kappa shape index (κ3) is 4.21. The molecule has 22 heavy (non-hydrogen) atoms. The highest BCUT2D eigenvalue weighted by Crippen LogP contribution is 2.23. The quantitative estimate of drug-likeness (QED) is 0.658. The van der Waals surface area contributed by atoms with Gasteiger partial charge in [-0.1, -0.05) is 36.4 Å². The van der Waals surface area contributed by atoms with Crippen molar-refractivity contribution in [1.82, 2.24) is 5.43 Å². The van der Waals surface area contributed by atoms with Crippen molar-refractivity contribution in [3.05, 3.63) is 65.7 Å². The molecule has 0 atom stereocenters. The van der Waals surface area contributed by atoms with Gasteiger partial charge in [0.1, 0.15) is 11.5 Å². The lowest BCUT2D eigenvalue weighted by Gasteiger charge is -2.05. The van der Waals surface area contributed by atoms with Crippen molar-refractivity contribution in [2.45, 2.75) is 0 Å². The molecule has 0 saturated carbocycles. The zero-order valence-corrected chi connectivity index (χ0v) is 12.1. The van der Waals surface area contributed by atoms with Crippen LogP contribution in [0.2, 0.25) is 0 Å². The summed E-state index contributed by atoms with van der Waals surface area (Å²) < 4.78 is 4.95. The van der Waals surface area contributed by atoms with Crippen LogP contribution < -0.4 is 10.2 Å². The van der Waals surface area contributed by atoms with E-state index in [1.165, 1.54) is 25.5 Å². The predicted molar refractivity (Wildman–Crippen MR) is 86.1 cm³/mol. The summed E-state index contributed by atoms with van der Waals surface area (Å²) in [6.07, 6.45) is 5.04. The number of nitrogens with zero attached hydrogens (tertiary/aromatic N) is 1. The summed E-state index contributed by atoms with van der Waals surface area (Å²) in [6.45, 7) is 0. The molecule has 0 fully saturated rings. The van der Waals surface area contributed by atoms with Gasteiger partial charge in [-0.15, -0.1) is 0 Å². The fraction of sp³-hybridized carbons (Fsp3) is 0.0588. The smallest absolute Gasteiger partial charge is 0.275 e. The number of rotatable bonds is 5. The van der Waals surface area contributed by atoms with Crippen LogP contribution >= 0.6 is 0 Å². The predicted octanol–water partition coefficient (Wildman–Crippen LogP) is 2.83. The van der Waals surface area contributed by atoms with Crippen molar-refractivity contribution in [2.24, 2.45) is 5.10 Å². The summed E-state index contributed by atoms with van der Waals surface area (Å²) in [5.74, 6) is -0.181. The van der Waals surface area contributed by atoms with E-state index in [1.54, 1.807) is 12.1 Å². The van der Waals surface area contributed by atoms with E-state index in [2.05, 4.69) is 10.5 Å². The van der Waals surface area contributed by atoms with Gasteiger partial charge in [0.05, 0.1) is 12.7 Å². The van der Waals surface area contributed by atoms with Crippen LogP contribution in [0.4, 0.5) is 0 Å². The number of aromatic hydroxyl groups is 1. The number of allylic oxidation sites excluding steroid dienone is 1. The standard InChI is InChI=1S/C17H16N2O3/c1-22-14-9-10-15(16(20)12-14)17(21)19-18-11-5-8-13-6-3-2-4-7-13/h2-12,20H,1H3,(H,19,21)/b8-5+,18-11-. The Bertz CT molecular complexity index is 694. The number of ether oxygens (including phenoxy) is 1. The normalized spacial score (nSPS) is 11.0. The number of phenolic OH excluding ortho intramolecular Hbond substituents is 1. The Kier molecular flexibility index (Phi) is 5.31. The molecule has 0 heterocycles. The lowest BCUT2D eigenvalue weighted by molar-refractivity contribution is 0.0952. The van der Waals surface area contributed by atoms with E-state index in [9.17, 15) is 9.90 Å². The third-order valence-electron chi connectivity index (χ3n) is 2.86. The van der Waals surface area contributed by atoms with Gasteiger partial charge in [-0.05, 0) is 23.8 Å². The minimum absolute atomic E-state index is 0.130. The average molecular weight is 296 g/mol. The molecule has 0 aliphatic heterocycles. The molecular weight excluding hydrogens is 280 g/mol. The highest BCUT2D eigenvalue weighted by Gasteiger charge is 2.10. The fourth-order valence-electron chi connectivity index (χ4n) is 1.75. The van der Waals surface area contributed by atoms with E-state index >= 15 is 0 Å². The zero-order valence-electron chi connectivity index (χ0n) is 12.1. The molecule has 0 radical (unpaired) electrons. The van der Waals surface area contributed by atoms with E-state index in [0.29, 0.717) is 5.75 Å². The van der Waals surface area contributed by atoms with Crippen LogP contribution in [0.15, 0.2) is 59.7 Å². The maximum absolute atomic E-state index is 11.8. The number of carbonyl (C=O) groups excluding carboxylic acids is 1. The number of phenols is 1. The largest absolute Gasteiger partial charge is 0.507 e. The summed E-state index contributed by atoms with van der Waals surface area (Å²) in [7, 11) is 1.48. The SMILES string of the molecule is COc1ccc(C(=O)N/N=C\C=C\c2ccccc2)c(O)c1. The molecule has 2 N–H and O–H groups in total. The van der Waals surface area contributed by atoms with Crippen molar-refractivity contribution in [3.63, 3.8) is 0 Å². The van der Waals surface area contributed by atoms with Crippen LogP contribution in [0.1, 0.15) is 15.9 Å². The lowest BCUT2D eigenvalue weighted by atomic mass is 10.2. The number of methoxy groups -OCH3 is 1. The minimum Gasteiger partial charge on any atom is -0.507 e. The summed E-state index contributed by atoms with van der Waals surface area (Å²) >= 11 is 0. The highest BCUT2D eigenvalue weighted by atomic mass is 16.5. The van der Waals surface area contributed by atoms with Gasteiger partial charge in [0.25, 0.3) is 5.91 Å². The van der Waals surface area contributed by atoms with E-state index in [1.807, 2.05) is 36.4 Å². The molecule has 2 rings (SSSR count). The van der Waals surface area contributed by atoms with Gasteiger partial charge in [-0.3, -0.25) is 4.79 Å². The van der Waals surface area contributed by atoms with Gasteiger partial charge >= 0.3 is 0 Å². The summed E-state index contributed by atoms with van der Waals surface area (Å²) in [5.41, 5.74) is 3.51. The van der Waals surface area contributed by atoms with Crippen molar-refractivity contribution < 1.29 is 14.6 Å². The Balaban J connectivity index is 1.92. The number of hydrogen-bond acceptors (Lipinski definition) is 4. The number of hydrogen-bond donors (Lipinski definition) is 2. The molecule has 0 unspecified atom stereocenters. The second-order valence-corrected chi connectivity index (χ2v) is 4.37. The lowest BCUT2D eigenvalue weighted by Crippen LogP contribution is -2.17. The maximum Gasteiger partial charge on any atom is 0.275 e. The molecule has 0 aliphatic carbocycles. The summed E-state index contributed by atoms with van der Waals surface area (Å²) in [5, 5.41) is 13.5. The minimum atomic E-state index is -0.496. The van der Waals surface area contributed by atoms with Gasteiger partial charge < -0.3 is 9.84 Å². The Labute approximate surface area is 128 Å². The first kappa shape index (κ1) is 15.3. The molecule has 5 nitrogen and oxygen atoms in total. The second kappa shape index (κ2) is 7.64. The number of nitrogens with one attached hydrogen (secondary N) is 1. The highest BCUT2D eigenvalue weighted by molar-refractivity contribution is 5.97. The topological polar surface area (TPSA) is 70.9 Å². The van der Waals surface area contributed by atoms with E-state index in [-0.39, 0.29) is 11.3 Å². The molecule has 0 spiro atoms. The number of amides is 1. The van der Waals surface area contributed by atoms with Crippen molar-refractivity contribution in [3.8, 4) is 11.5 Å². The first-order valence-corrected chi connectivity index (χ1v) is 6.63. The van der Waals surface area contributed by atoms with Gasteiger partial charge in [0.2, 0.25) is 0 Å². The molecule has 0 bridgehead atoms. The molecule has 0 saturated heterocycles. The van der Waals surface area contributed by atoms with E-state index < -0.39 is 5.91 Å². The van der Waals surface area contributed by atoms with Gasteiger partial charge in [-0.25, -0.2) is 5.43 Å². The number of benzene rings is 2. The van der Waals surface area contributed by atoms with Gasteiger partial charge in [-0.2, -0.15) is 5.10 Å². The molecule has 112 valence electrons. The number of hydrazone groups is 1. The van der Waals surface area contributed by atoms with Gasteiger partial charge in [0, 0.05) is 12.3 Å². The van der Waals surface area contributed by atoms with Crippen molar-refractivity contribution >= 4 is 18.2 Å². The van der Waals surface area contributed by atoms with Crippen LogP contribution in [0, 0.1) is 0 Å². The van der Waals surface area contributed by atoms with Crippen molar-refractivity contribution in [1.29, 1.82) is 0 Å². The Morgan fingerprint density at radius 2 is 2.00 bits per heavy atom. The molecule has 0 aromatic heterocycles. The molecule has 2 aromatic rings. The number of carbonyl (C=O) groups is 1. The van der Waals surface area contributed by atoms with Crippen LogP contribution in [0.25, 0.3) is 6.08 Å². The summed E-state index contributed by atoms with van der Waals surface area (Å²) in [4.78, 5) is 11.8. The zero-order chi connectivity index (χ0) is 15.8. The summed E-state index contributed by atoms with van der Waals surface area (Å²) in [6, 6.07) is 14.2. The van der Waals surface area contributed by atoms with E-state index in [4.69, 9.17) is 4.74 Å². The fourth-order valence-corrected chi connectivity index (χ4v) is 1.75. The van der Waals surface area contributed by atoms with Crippen molar-refractivity contribution in [2.75, 3.05) is 7.11 Å². The monoisotopic (exact) mass is 296 g/mol. The van der Waals surface area contributed by atoms with Crippen LogP contribution in [0.3, 0.4) is 0 Å². The first-order valence-electron chi connectivity index (χ1n) is 6.63. The van der Waals surface area contributed by atoms with Crippen LogP contribution in [0.5, 0.6) is 11.5 Å². The molecular formula is C17H16N2O3. The molecule has 5 heteroatoms. The van der Waals surface area contributed by atoms with Crippen LogP contribution in [-0.4, -0.2) is 24.3 Å². The molecule has 0 aliphatic rings. The van der Waals surface area contributed by atoms with Crippen LogP contribution in [-0.2, 0) is 0 Å². The molecule has 2 aromatic carbocycles.